The van der Waals surface area contributed by atoms with E-state index in [0.717, 1.165) is 6.54 Å². The summed E-state index contributed by atoms with van der Waals surface area (Å²) in [6.07, 6.45) is 0. The molecule has 0 aliphatic heterocycles. The fraction of sp³-hybridized carbons (Fsp3) is 0.455. The van der Waals surface area contributed by atoms with Crippen LogP contribution in [0.4, 0.5) is 5.69 Å². The first-order valence-electron chi connectivity index (χ1n) is 5.41. The van der Waals surface area contributed by atoms with Crippen LogP contribution in [0.1, 0.15) is 13.8 Å². The van der Waals surface area contributed by atoms with Crippen molar-refractivity contribution < 1.29 is 9.13 Å². The fourth-order valence-corrected chi connectivity index (χ4v) is 2.88. The largest absolute Gasteiger partial charge is 0.314 e. The minimum atomic E-state index is -1.35. The van der Waals surface area contributed by atoms with Crippen LogP contribution in [0.3, 0.4) is 0 Å². The highest BCUT2D eigenvalue weighted by atomic mass is 32.2. The maximum Gasteiger partial charge on any atom is 0.285 e. The van der Waals surface area contributed by atoms with Gasteiger partial charge < -0.3 is 5.32 Å². The van der Waals surface area contributed by atoms with Gasteiger partial charge >= 0.3 is 0 Å². The summed E-state index contributed by atoms with van der Waals surface area (Å²) in [5.41, 5.74) is -0.0745. The summed E-state index contributed by atoms with van der Waals surface area (Å²) < 4.78 is 12.0. The molecule has 5 nitrogen and oxygen atoms in total. The van der Waals surface area contributed by atoms with Gasteiger partial charge in [-0.25, -0.2) is 0 Å². The Labute approximate surface area is 103 Å². The standard InChI is InChI=1S/C11H16N2O3S/c1-3-12-9(2)8-17(16)11-7-5-4-6-10(11)13(14)15/h4-7,9,12H,3,8H2,1-2H3. The molecule has 17 heavy (non-hydrogen) atoms. The molecule has 1 aromatic rings. The lowest BCUT2D eigenvalue weighted by Gasteiger charge is -2.11. The van der Waals surface area contributed by atoms with Gasteiger partial charge in [-0.3, -0.25) is 14.3 Å². The number of nitrogens with zero attached hydrogens (tertiary/aromatic N) is 1. The maximum absolute atomic E-state index is 12.0. The van der Waals surface area contributed by atoms with Crippen LogP contribution >= 0.6 is 0 Å². The van der Waals surface area contributed by atoms with Gasteiger partial charge in [0.1, 0.15) is 4.90 Å². The third kappa shape index (κ3) is 3.90. The molecule has 0 radical (unpaired) electrons. The Bertz CT molecular complexity index is 423. The van der Waals surface area contributed by atoms with E-state index in [1.807, 2.05) is 13.8 Å². The fourth-order valence-electron chi connectivity index (χ4n) is 1.52. The molecular weight excluding hydrogens is 240 g/mol. The highest BCUT2D eigenvalue weighted by molar-refractivity contribution is 7.85. The molecule has 0 saturated heterocycles. The second kappa shape index (κ2) is 6.46. The van der Waals surface area contributed by atoms with Crippen molar-refractivity contribution >= 4 is 16.5 Å². The maximum atomic E-state index is 12.0. The topological polar surface area (TPSA) is 72.2 Å². The van der Waals surface area contributed by atoms with Gasteiger partial charge in [0.2, 0.25) is 0 Å². The van der Waals surface area contributed by atoms with E-state index in [2.05, 4.69) is 5.32 Å². The Kier molecular flexibility index (Phi) is 5.24. The summed E-state index contributed by atoms with van der Waals surface area (Å²) in [5, 5.41) is 13.9. The molecule has 1 N–H and O–H groups in total. The normalized spacial score (nSPS) is 14.2. The third-order valence-corrected chi connectivity index (χ3v) is 3.90. The van der Waals surface area contributed by atoms with Crippen LogP contribution in [0, 0.1) is 10.1 Å². The van der Waals surface area contributed by atoms with E-state index in [1.165, 1.54) is 6.07 Å². The molecule has 0 bridgehead atoms. The summed E-state index contributed by atoms with van der Waals surface area (Å²) in [6.45, 7) is 4.66. The molecule has 0 heterocycles. The van der Waals surface area contributed by atoms with Gasteiger partial charge in [-0.05, 0) is 19.5 Å². The highest BCUT2D eigenvalue weighted by Crippen LogP contribution is 2.21. The van der Waals surface area contributed by atoms with E-state index in [-0.39, 0.29) is 11.7 Å². The number of para-hydroxylation sites is 1. The summed E-state index contributed by atoms with van der Waals surface area (Å²) in [4.78, 5) is 10.6. The van der Waals surface area contributed by atoms with Gasteiger partial charge in [-0.15, -0.1) is 0 Å². The zero-order valence-electron chi connectivity index (χ0n) is 9.88. The Hall–Kier alpha value is -1.27. The van der Waals surface area contributed by atoms with Crippen LogP contribution < -0.4 is 5.32 Å². The van der Waals surface area contributed by atoms with Crippen molar-refractivity contribution in [2.24, 2.45) is 0 Å². The summed E-state index contributed by atoms with van der Waals surface area (Å²) in [6, 6.07) is 6.24. The van der Waals surface area contributed by atoms with Crippen molar-refractivity contribution in [3.63, 3.8) is 0 Å². The first-order chi connectivity index (χ1) is 8.06. The molecule has 0 aromatic heterocycles. The van der Waals surface area contributed by atoms with E-state index in [9.17, 15) is 14.3 Å². The predicted octanol–water partition coefficient (Wildman–Crippen LogP) is 1.70. The molecule has 2 atom stereocenters. The lowest BCUT2D eigenvalue weighted by atomic mass is 10.3. The quantitative estimate of drug-likeness (QED) is 0.621. The molecule has 0 aliphatic carbocycles. The highest BCUT2D eigenvalue weighted by Gasteiger charge is 2.19. The van der Waals surface area contributed by atoms with Crippen LogP contribution in [0.5, 0.6) is 0 Å². The Morgan fingerprint density at radius 3 is 2.71 bits per heavy atom. The number of hydrogen-bond acceptors (Lipinski definition) is 4. The van der Waals surface area contributed by atoms with Crippen molar-refractivity contribution in [3.8, 4) is 0 Å². The minimum Gasteiger partial charge on any atom is -0.314 e. The van der Waals surface area contributed by atoms with Crippen molar-refractivity contribution in [2.75, 3.05) is 12.3 Å². The van der Waals surface area contributed by atoms with Crippen LogP contribution in [0.15, 0.2) is 29.2 Å². The van der Waals surface area contributed by atoms with Gasteiger partial charge in [-0.2, -0.15) is 0 Å². The number of rotatable bonds is 6. The predicted molar refractivity (Wildman–Crippen MR) is 67.5 cm³/mol. The van der Waals surface area contributed by atoms with Crippen molar-refractivity contribution in [2.45, 2.75) is 24.8 Å². The zero-order valence-corrected chi connectivity index (χ0v) is 10.7. The SMILES string of the molecule is CCNC(C)CS(=O)c1ccccc1[N+](=O)[O-]. The van der Waals surface area contributed by atoms with E-state index in [0.29, 0.717) is 10.6 Å². The number of nitro groups is 1. The molecule has 1 rings (SSSR count). The lowest BCUT2D eigenvalue weighted by molar-refractivity contribution is -0.387. The van der Waals surface area contributed by atoms with Crippen molar-refractivity contribution in [1.82, 2.24) is 5.32 Å². The Morgan fingerprint density at radius 2 is 2.12 bits per heavy atom. The first-order valence-corrected chi connectivity index (χ1v) is 6.73. The van der Waals surface area contributed by atoms with Crippen LogP contribution in [-0.2, 0) is 10.8 Å². The molecular formula is C11H16N2O3S. The van der Waals surface area contributed by atoms with E-state index in [4.69, 9.17) is 0 Å². The molecule has 0 amide bonds. The summed E-state index contributed by atoms with van der Waals surface area (Å²) >= 11 is 0. The van der Waals surface area contributed by atoms with E-state index >= 15 is 0 Å². The van der Waals surface area contributed by atoms with E-state index < -0.39 is 15.7 Å². The number of benzene rings is 1. The summed E-state index contributed by atoms with van der Waals surface area (Å²) in [5.74, 6) is 0.374. The number of nitrogens with one attached hydrogen (secondary N) is 1. The Balaban J connectivity index is 2.85. The first kappa shape index (κ1) is 13.8. The van der Waals surface area contributed by atoms with Gasteiger partial charge in [-0.1, -0.05) is 19.1 Å². The van der Waals surface area contributed by atoms with Crippen LogP contribution in [0.2, 0.25) is 0 Å². The molecule has 6 heteroatoms. The van der Waals surface area contributed by atoms with Crippen molar-refractivity contribution in [1.29, 1.82) is 0 Å². The molecule has 0 saturated carbocycles. The average molecular weight is 256 g/mol. The van der Waals surface area contributed by atoms with Crippen LogP contribution in [-0.4, -0.2) is 27.5 Å². The molecule has 0 aliphatic rings. The number of hydrogen-bond donors (Lipinski definition) is 1. The number of nitro benzene ring substituents is 1. The lowest BCUT2D eigenvalue weighted by Crippen LogP contribution is -2.30. The van der Waals surface area contributed by atoms with Crippen molar-refractivity contribution in [3.05, 3.63) is 34.4 Å². The summed E-state index contributed by atoms with van der Waals surface area (Å²) in [7, 11) is -1.35. The molecule has 0 spiro atoms. The second-order valence-electron chi connectivity index (χ2n) is 3.70. The molecule has 1 aromatic carbocycles. The van der Waals surface area contributed by atoms with Gasteiger partial charge in [0.05, 0.1) is 15.7 Å². The zero-order chi connectivity index (χ0) is 12.8. The van der Waals surface area contributed by atoms with Gasteiger partial charge in [0.25, 0.3) is 5.69 Å². The third-order valence-electron chi connectivity index (χ3n) is 2.26. The second-order valence-corrected chi connectivity index (χ2v) is 5.16. The van der Waals surface area contributed by atoms with Gasteiger partial charge in [0, 0.05) is 17.9 Å². The molecule has 94 valence electrons. The minimum absolute atomic E-state index is 0.0700. The monoisotopic (exact) mass is 256 g/mol. The van der Waals surface area contributed by atoms with Crippen LogP contribution in [0.25, 0.3) is 0 Å². The molecule has 0 fully saturated rings. The Morgan fingerprint density at radius 1 is 1.47 bits per heavy atom. The average Bonchev–Trinajstić information content (AvgIpc) is 2.29. The molecule has 2 unspecified atom stereocenters. The van der Waals surface area contributed by atoms with Gasteiger partial charge in [0.15, 0.2) is 0 Å². The van der Waals surface area contributed by atoms with E-state index in [1.54, 1.807) is 18.2 Å². The smallest absolute Gasteiger partial charge is 0.285 e.